The standard InChI is InChI=1S/C16H30O4/c1-7-8-9-10-11-14(12(2)3)15(18)20-16(5,6)19-13(4)17/h12,14H,7-11H2,1-6H3/t14-/m1/s1. The number of carbonyl (C=O) groups is 2. The monoisotopic (exact) mass is 286 g/mol. The lowest BCUT2D eigenvalue weighted by molar-refractivity contribution is -0.218. The molecule has 118 valence electrons. The molecule has 20 heavy (non-hydrogen) atoms. The Hall–Kier alpha value is -1.06. The van der Waals surface area contributed by atoms with Crippen molar-refractivity contribution in [2.45, 2.75) is 79.4 Å². The van der Waals surface area contributed by atoms with Crippen LogP contribution in [-0.4, -0.2) is 17.7 Å². The van der Waals surface area contributed by atoms with E-state index in [1.54, 1.807) is 13.8 Å². The lowest BCUT2D eigenvalue weighted by atomic mass is 9.90. The first kappa shape index (κ1) is 18.9. The van der Waals surface area contributed by atoms with Crippen molar-refractivity contribution < 1.29 is 19.1 Å². The molecule has 0 heterocycles. The second kappa shape index (κ2) is 8.98. The van der Waals surface area contributed by atoms with Gasteiger partial charge in [0.25, 0.3) is 5.79 Å². The van der Waals surface area contributed by atoms with Crippen LogP contribution in [0.15, 0.2) is 0 Å². The fraction of sp³-hybridized carbons (Fsp3) is 0.875. The summed E-state index contributed by atoms with van der Waals surface area (Å²) >= 11 is 0. The van der Waals surface area contributed by atoms with E-state index in [1.165, 1.54) is 19.8 Å². The lowest BCUT2D eigenvalue weighted by Crippen LogP contribution is -2.36. The van der Waals surface area contributed by atoms with Gasteiger partial charge in [0.1, 0.15) is 0 Å². The molecule has 0 aromatic carbocycles. The molecule has 4 heteroatoms. The van der Waals surface area contributed by atoms with Gasteiger partial charge in [-0.05, 0) is 12.3 Å². The van der Waals surface area contributed by atoms with E-state index in [2.05, 4.69) is 6.92 Å². The summed E-state index contributed by atoms with van der Waals surface area (Å²) in [6.07, 6.45) is 5.36. The Balaban J connectivity index is 4.45. The van der Waals surface area contributed by atoms with Crippen LogP contribution >= 0.6 is 0 Å². The number of ether oxygens (including phenoxy) is 2. The highest BCUT2D eigenvalue weighted by atomic mass is 16.7. The molecule has 0 rings (SSSR count). The van der Waals surface area contributed by atoms with Crippen molar-refractivity contribution in [3.8, 4) is 0 Å². The summed E-state index contributed by atoms with van der Waals surface area (Å²) in [5, 5.41) is 0. The first-order valence-electron chi connectivity index (χ1n) is 7.62. The Kier molecular flexibility index (Phi) is 8.51. The van der Waals surface area contributed by atoms with E-state index < -0.39 is 11.8 Å². The molecule has 0 N–H and O–H groups in total. The van der Waals surface area contributed by atoms with Crippen LogP contribution in [0.2, 0.25) is 0 Å². The van der Waals surface area contributed by atoms with Gasteiger partial charge in [0, 0.05) is 20.8 Å². The number of unbranched alkanes of at least 4 members (excludes halogenated alkanes) is 3. The van der Waals surface area contributed by atoms with E-state index >= 15 is 0 Å². The maximum atomic E-state index is 12.2. The van der Waals surface area contributed by atoms with Crippen molar-refractivity contribution in [1.82, 2.24) is 0 Å². The van der Waals surface area contributed by atoms with E-state index in [9.17, 15) is 9.59 Å². The number of rotatable bonds is 9. The molecule has 0 bridgehead atoms. The quantitative estimate of drug-likeness (QED) is 0.364. The summed E-state index contributed by atoms with van der Waals surface area (Å²) in [5.74, 6) is -1.84. The minimum atomic E-state index is -1.19. The number of hydrogen-bond donors (Lipinski definition) is 0. The number of carbonyl (C=O) groups excluding carboxylic acids is 2. The molecule has 0 saturated carbocycles. The van der Waals surface area contributed by atoms with E-state index in [-0.39, 0.29) is 17.8 Å². The first-order valence-corrected chi connectivity index (χ1v) is 7.62. The highest BCUT2D eigenvalue weighted by Crippen LogP contribution is 2.24. The van der Waals surface area contributed by atoms with Gasteiger partial charge >= 0.3 is 11.9 Å². The molecule has 0 unspecified atom stereocenters. The molecule has 0 aromatic rings. The minimum absolute atomic E-state index is 0.137. The second-order valence-electron chi connectivity index (χ2n) is 6.11. The molecular formula is C16H30O4. The van der Waals surface area contributed by atoms with Gasteiger partial charge in [-0.25, -0.2) is 0 Å². The van der Waals surface area contributed by atoms with Gasteiger partial charge in [-0.1, -0.05) is 46.5 Å². The minimum Gasteiger partial charge on any atom is -0.423 e. The average molecular weight is 286 g/mol. The third-order valence-electron chi connectivity index (χ3n) is 3.21. The Morgan fingerprint density at radius 3 is 2.10 bits per heavy atom. The summed E-state index contributed by atoms with van der Waals surface area (Å²) in [5.41, 5.74) is 0. The van der Waals surface area contributed by atoms with Gasteiger partial charge in [-0.2, -0.15) is 0 Å². The van der Waals surface area contributed by atoms with Crippen molar-refractivity contribution >= 4 is 11.9 Å². The second-order valence-corrected chi connectivity index (χ2v) is 6.11. The van der Waals surface area contributed by atoms with Crippen LogP contribution in [0.25, 0.3) is 0 Å². The van der Waals surface area contributed by atoms with Gasteiger partial charge in [0.05, 0.1) is 5.92 Å². The van der Waals surface area contributed by atoms with Crippen LogP contribution in [0.4, 0.5) is 0 Å². The molecule has 0 aliphatic rings. The molecular weight excluding hydrogens is 256 g/mol. The van der Waals surface area contributed by atoms with Gasteiger partial charge in [0.15, 0.2) is 0 Å². The molecule has 0 aliphatic heterocycles. The van der Waals surface area contributed by atoms with E-state index in [0.717, 1.165) is 19.3 Å². The molecule has 0 radical (unpaired) electrons. The molecule has 0 aromatic heterocycles. The highest BCUT2D eigenvalue weighted by Gasteiger charge is 2.31. The van der Waals surface area contributed by atoms with Crippen molar-refractivity contribution in [1.29, 1.82) is 0 Å². The lowest BCUT2D eigenvalue weighted by Gasteiger charge is -2.28. The fourth-order valence-corrected chi connectivity index (χ4v) is 2.20. The van der Waals surface area contributed by atoms with Crippen LogP contribution < -0.4 is 0 Å². The van der Waals surface area contributed by atoms with Crippen LogP contribution in [0.5, 0.6) is 0 Å². The zero-order valence-electron chi connectivity index (χ0n) is 13.8. The summed E-state index contributed by atoms with van der Waals surface area (Å²) in [7, 11) is 0. The van der Waals surface area contributed by atoms with E-state index in [1.807, 2.05) is 13.8 Å². The smallest absolute Gasteiger partial charge is 0.312 e. The van der Waals surface area contributed by atoms with Crippen molar-refractivity contribution in [3.63, 3.8) is 0 Å². The summed E-state index contributed by atoms with van der Waals surface area (Å²) in [4.78, 5) is 23.2. The fourth-order valence-electron chi connectivity index (χ4n) is 2.20. The zero-order valence-corrected chi connectivity index (χ0v) is 13.8. The zero-order chi connectivity index (χ0) is 15.8. The van der Waals surface area contributed by atoms with Crippen LogP contribution in [0.1, 0.15) is 73.6 Å². The summed E-state index contributed by atoms with van der Waals surface area (Å²) in [6, 6.07) is 0. The van der Waals surface area contributed by atoms with Crippen molar-refractivity contribution in [3.05, 3.63) is 0 Å². The van der Waals surface area contributed by atoms with E-state index in [4.69, 9.17) is 9.47 Å². The molecule has 0 saturated heterocycles. The van der Waals surface area contributed by atoms with Crippen molar-refractivity contribution in [2.24, 2.45) is 11.8 Å². The highest BCUT2D eigenvalue weighted by molar-refractivity contribution is 5.73. The SMILES string of the molecule is CCCCCC[C@@H](C(=O)OC(C)(C)OC(C)=O)C(C)C. The molecule has 4 nitrogen and oxygen atoms in total. The maximum absolute atomic E-state index is 12.2. The van der Waals surface area contributed by atoms with Gasteiger partial charge in [0.2, 0.25) is 0 Å². The topological polar surface area (TPSA) is 52.6 Å². The Morgan fingerprint density at radius 2 is 1.65 bits per heavy atom. The predicted octanol–water partition coefficient (Wildman–Crippen LogP) is 4.07. The van der Waals surface area contributed by atoms with Crippen molar-refractivity contribution in [2.75, 3.05) is 0 Å². The number of esters is 2. The van der Waals surface area contributed by atoms with Crippen LogP contribution in [-0.2, 0) is 19.1 Å². The normalized spacial score (nSPS) is 13.2. The third kappa shape index (κ3) is 8.18. The van der Waals surface area contributed by atoms with E-state index in [0.29, 0.717) is 0 Å². The van der Waals surface area contributed by atoms with Gasteiger partial charge in [-0.3, -0.25) is 9.59 Å². The average Bonchev–Trinajstić information content (AvgIpc) is 2.25. The van der Waals surface area contributed by atoms with Gasteiger partial charge < -0.3 is 9.47 Å². The van der Waals surface area contributed by atoms with Crippen LogP contribution in [0.3, 0.4) is 0 Å². The number of hydrogen-bond acceptors (Lipinski definition) is 4. The molecule has 0 aliphatic carbocycles. The molecule has 1 atom stereocenters. The molecule has 0 amide bonds. The predicted molar refractivity (Wildman–Crippen MR) is 79.0 cm³/mol. The summed E-state index contributed by atoms with van der Waals surface area (Å²) in [6.45, 7) is 10.7. The Bertz CT molecular complexity index is 308. The van der Waals surface area contributed by atoms with Gasteiger partial charge in [-0.15, -0.1) is 0 Å². The Morgan fingerprint density at radius 1 is 1.05 bits per heavy atom. The maximum Gasteiger partial charge on any atom is 0.312 e. The first-order chi connectivity index (χ1) is 9.19. The van der Waals surface area contributed by atoms with Crippen LogP contribution in [0, 0.1) is 11.8 Å². The largest absolute Gasteiger partial charge is 0.423 e. The summed E-state index contributed by atoms with van der Waals surface area (Å²) < 4.78 is 10.3. The molecule has 0 spiro atoms. The Labute approximate surface area is 123 Å². The molecule has 0 fully saturated rings. The third-order valence-corrected chi connectivity index (χ3v) is 3.21.